The van der Waals surface area contributed by atoms with E-state index < -0.39 is 0 Å². The molecule has 0 amide bonds. The number of nitrogens with two attached hydrogens (primary N) is 1. The molecule has 0 spiro atoms. The highest BCUT2D eigenvalue weighted by atomic mass is 32.1. The number of fused-ring (bicyclic) bond motifs is 1. The molecule has 1 saturated heterocycles. The minimum Gasteiger partial charge on any atom is -0.383 e. The molecule has 4 rings (SSSR count). The molecule has 1 aliphatic heterocycles. The van der Waals surface area contributed by atoms with Gasteiger partial charge in [-0.3, -0.25) is 0 Å². The lowest BCUT2D eigenvalue weighted by Crippen LogP contribution is -2.16. The summed E-state index contributed by atoms with van der Waals surface area (Å²) in [6, 6.07) is 4.98. The van der Waals surface area contributed by atoms with Gasteiger partial charge in [0.25, 0.3) is 0 Å². The van der Waals surface area contributed by atoms with E-state index in [2.05, 4.69) is 10.3 Å². The van der Waals surface area contributed by atoms with Crippen molar-refractivity contribution in [1.82, 2.24) is 15.3 Å². The van der Waals surface area contributed by atoms with E-state index >= 15 is 0 Å². The van der Waals surface area contributed by atoms with Gasteiger partial charge in [0.15, 0.2) is 0 Å². The fraction of sp³-hybridized carbons (Fsp3) is 0.368. The Morgan fingerprint density at radius 2 is 2.15 bits per heavy atom. The molecule has 0 radical (unpaired) electrons. The number of thiazole rings is 1. The number of rotatable bonds is 4. The first-order valence-electron chi connectivity index (χ1n) is 8.74. The monoisotopic (exact) mass is 372 g/mol. The predicted molar refractivity (Wildman–Crippen MR) is 103 cm³/mol. The van der Waals surface area contributed by atoms with Gasteiger partial charge in [-0.1, -0.05) is 12.1 Å². The van der Waals surface area contributed by atoms with Gasteiger partial charge in [0.2, 0.25) is 0 Å². The summed E-state index contributed by atoms with van der Waals surface area (Å²) in [5.41, 5.74) is 7.80. The number of nitrogen functional groups attached to an aromatic ring is 1. The number of benzene rings is 1. The van der Waals surface area contributed by atoms with Gasteiger partial charge >= 0.3 is 0 Å². The van der Waals surface area contributed by atoms with Crippen LogP contribution in [0.5, 0.6) is 0 Å². The van der Waals surface area contributed by atoms with Crippen molar-refractivity contribution in [2.45, 2.75) is 25.3 Å². The summed E-state index contributed by atoms with van der Waals surface area (Å²) >= 11 is 1.68. The van der Waals surface area contributed by atoms with E-state index in [-0.39, 0.29) is 11.6 Å². The predicted octanol–water partition coefficient (Wildman–Crippen LogP) is 3.69. The van der Waals surface area contributed by atoms with Gasteiger partial charge in [0, 0.05) is 41.8 Å². The van der Waals surface area contributed by atoms with Gasteiger partial charge in [-0.2, -0.15) is 0 Å². The van der Waals surface area contributed by atoms with Gasteiger partial charge in [-0.05, 0) is 31.9 Å². The first-order chi connectivity index (χ1) is 12.7. The molecule has 1 aromatic carbocycles. The maximum atomic E-state index is 14.3. The first-order valence-corrected chi connectivity index (χ1v) is 9.55. The number of hydrogen-bond acceptors (Lipinski definition) is 6. The SMILES string of the molecule is CNCc1nc(-c2cnc(N)c3c(F)cccc23)sc1C1CCOCC1. The van der Waals surface area contributed by atoms with Crippen molar-refractivity contribution >= 4 is 27.9 Å². The van der Waals surface area contributed by atoms with Crippen molar-refractivity contribution in [2.24, 2.45) is 0 Å². The lowest BCUT2D eigenvalue weighted by atomic mass is 9.97. The summed E-state index contributed by atoms with van der Waals surface area (Å²) in [6.45, 7) is 2.28. The van der Waals surface area contributed by atoms with Crippen LogP contribution in [0.1, 0.15) is 29.3 Å². The third-order valence-electron chi connectivity index (χ3n) is 4.79. The Morgan fingerprint density at radius 1 is 1.35 bits per heavy atom. The fourth-order valence-electron chi connectivity index (χ4n) is 3.50. The zero-order valence-electron chi connectivity index (χ0n) is 14.6. The highest BCUT2D eigenvalue weighted by Crippen LogP contribution is 2.40. The summed E-state index contributed by atoms with van der Waals surface area (Å²) < 4.78 is 19.8. The van der Waals surface area contributed by atoms with E-state index in [4.69, 9.17) is 15.5 Å². The minimum atomic E-state index is -0.356. The molecule has 26 heavy (non-hydrogen) atoms. The molecule has 5 nitrogen and oxygen atoms in total. The van der Waals surface area contributed by atoms with Gasteiger partial charge < -0.3 is 15.8 Å². The molecular formula is C19H21FN4OS. The number of pyridine rings is 1. The number of hydrogen-bond donors (Lipinski definition) is 2. The molecule has 0 unspecified atom stereocenters. The second-order valence-corrected chi connectivity index (χ2v) is 7.50. The molecule has 3 heterocycles. The molecule has 1 aliphatic rings. The van der Waals surface area contributed by atoms with Gasteiger partial charge in [-0.25, -0.2) is 14.4 Å². The van der Waals surface area contributed by atoms with Crippen LogP contribution in [-0.4, -0.2) is 30.2 Å². The number of nitrogens with zero attached hydrogens (tertiary/aromatic N) is 2. The number of halogens is 1. The van der Waals surface area contributed by atoms with E-state index in [9.17, 15) is 4.39 Å². The number of anilines is 1. The van der Waals surface area contributed by atoms with E-state index in [1.165, 1.54) is 10.9 Å². The third-order valence-corrected chi connectivity index (χ3v) is 6.08. The maximum Gasteiger partial charge on any atom is 0.134 e. The fourth-order valence-corrected chi connectivity index (χ4v) is 4.77. The van der Waals surface area contributed by atoms with Gasteiger partial charge in [0.05, 0.1) is 11.1 Å². The van der Waals surface area contributed by atoms with E-state index in [0.717, 1.165) is 47.7 Å². The highest BCUT2D eigenvalue weighted by Gasteiger charge is 2.24. The Kier molecular flexibility index (Phi) is 4.84. The summed E-state index contributed by atoms with van der Waals surface area (Å²) in [5, 5.41) is 5.18. The van der Waals surface area contributed by atoms with E-state index in [1.807, 2.05) is 13.1 Å². The Hall–Kier alpha value is -2.09. The van der Waals surface area contributed by atoms with Crippen LogP contribution >= 0.6 is 11.3 Å². The molecule has 2 aromatic heterocycles. The van der Waals surface area contributed by atoms with Crippen LogP contribution in [0.3, 0.4) is 0 Å². The molecule has 136 valence electrons. The molecule has 0 aliphatic carbocycles. The molecule has 3 N–H and O–H groups in total. The molecular weight excluding hydrogens is 351 g/mol. The van der Waals surface area contributed by atoms with Crippen molar-refractivity contribution < 1.29 is 9.13 Å². The zero-order chi connectivity index (χ0) is 18.1. The van der Waals surface area contributed by atoms with Gasteiger partial charge in [-0.15, -0.1) is 11.3 Å². The normalized spacial score (nSPS) is 15.6. The number of ether oxygens (including phenoxy) is 1. The van der Waals surface area contributed by atoms with E-state index in [1.54, 1.807) is 23.6 Å². The molecule has 7 heteroatoms. The summed E-state index contributed by atoms with van der Waals surface area (Å²) in [7, 11) is 1.92. The molecule has 0 bridgehead atoms. The number of aromatic nitrogens is 2. The largest absolute Gasteiger partial charge is 0.383 e. The minimum absolute atomic E-state index is 0.207. The Balaban J connectivity index is 1.85. The lowest BCUT2D eigenvalue weighted by Gasteiger charge is -2.21. The van der Waals surface area contributed by atoms with Crippen LogP contribution in [0.15, 0.2) is 24.4 Å². The van der Waals surface area contributed by atoms with E-state index in [0.29, 0.717) is 17.8 Å². The van der Waals surface area contributed by atoms with Crippen molar-refractivity contribution in [3.8, 4) is 10.6 Å². The van der Waals surface area contributed by atoms with Crippen LogP contribution in [0, 0.1) is 5.82 Å². The topological polar surface area (TPSA) is 73.1 Å². The third kappa shape index (κ3) is 3.06. The summed E-state index contributed by atoms with van der Waals surface area (Å²) in [4.78, 5) is 10.4. The smallest absolute Gasteiger partial charge is 0.134 e. The van der Waals surface area contributed by atoms with Crippen LogP contribution in [0.4, 0.5) is 10.2 Å². The summed E-state index contributed by atoms with van der Waals surface area (Å²) in [6.07, 6.45) is 3.72. The zero-order valence-corrected chi connectivity index (χ0v) is 15.4. The average molecular weight is 372 g/mol. The highest BCUT2D eigenvalue weighted by molar-refractivity contribution is 7.15. The lowest BCUT2D eigenvalue weighted by molar-refractivity contribution is 0.0858. The van der Waals surface area contributed by atoms with Crippen molar-refractivity contribution in [3.05, 3.63) is 40.8 Å². The van der Waals surface area contributed by atoms with Crippen molar-refractivity contribution in [2.75, 3.05) is 26.0 Å². The van der Waals surface area contributed by atoms with Crippen LogP contribution < -0.4 is 11.1 Å². The second kappa shape index (κ2) is 7.26. The van der Waals surface area contributed by atoms with Crippen molar-refractivity contribution in [3.63, 3.8) is 0 Å². The Bertz CT molecular complexity index is 928. The molecule has 0 atom stereocenters. The number of nitrogens with one attached hydrogen (secondary N) is 1. The Labute approximate surface area is 155 Å². The summed E-state index contributed by atoms with van der Waals surface area (Å²) in [5.74, 6) is 0.313. The van der Waals surface area contributed by atoms with Crippen LogP contribution in [0.2, 0.25) is 0 Å². The quantitative estimate of drug-likeness (QED) is 0.731. The van der Waals surface area contributed by atoms with Crippen LogP contribution in [0.25, 0.3) is 21.3 Å². The first kappa shape index (κ1) is 17.3. The molecule has 3 aromatic rings. The van der Waals surface area contributed by atoms with Gasteiger partial charge in [0.1, 0.15) is 16.6 Å². The molecule has 1 fully saturated rings. The standard InChI is InChI=1S/C19H21FN4OS/c1-22-10-15-17(11-5-7-25-8-6-11)26-19(24-15)13-9-23-18(21)16-12(13)3-2-4-14(16)20/h2-4,9,11,22H,5-8,10H2,1H3,(H2,21,23). The van der Waals surface area contributed by atoms with Crippen molar-refractivity contribution in [1.29, 1.82) is 0 Å². The second-order valence-electron chi connectivity index (χ2n) is 6.47. The molecule has 0 saturated carbocycles. The average Bonchev–Trinajstić information content (AvgIpc) is 3.07. The maximum absolute atomic E-state index is 14.3. The Morgan fingerprint density at radius 3 is 2.92 bits per heavy atom. The van der Waals surface area contributed by atoms with Crippen LogP contribution in [-0.2, 0) is 11.3 Å².